The van der Waals surface area contributed by atoms with Gasteiger partial charge in [0, 0.05) is 12.0 Å². The van der Waals surface area contributed by atoms with Crippen molar-refractivity contribution in [1.82, 2.24) is 0 Å². The van der Waals surface area contributed by atoms with Crippen molar-refractivity contribution < 1.29 is 15.3 Å². The van der Waals surface area contributed by atoms with Gasteiger partial charge in [0.05, 0.1) is 12.2 Å². The molecule has 0 aromatic heterocycles. The molecule has 3 N–H and O–H groups in total. The van der Waals surface area contributed by atoms with Crippen molar-refractivity contribution in [3.05, 3.63) is 59.2 Å². The predicted molar refractivity (Wildman–Crippen MR) is 107 cm³/mol. The fraction of sp³-hybridized carbons (Fsp3) is 0.565. The number of hydrogen-bond acceptors (Lipinski definition) is 3. The first-order chi connectivity index (χ1) is 12.5. The molecule has 0 amide bonds. The van der Waals surface area contributed by atoms with E-state index in [4.69, 9.17) is 0 Å². The number of benzene rings is 1. The Labute approximate surface area is 158 Å². The van der Waals surface area contributed by atoms with Crippen LogP contribution in [0.2, 0.25) is 0 Å². The van der Waals surface area contributed by atoms with Gasteiger partial charge < -0.3 is 15.3 Å². The summed E-state index contributed by atoms with van der Waals surface area (Å²) in [5.74, 6) is -0.0471. The van der Waals surface area contributed by atoms with Gasteiger partial charge in [-0.3, -0.25) is 0 Å². The molecular weight excluding hydrogens is 324 g/mol. The molecule has 3 atom stereocenters. The average Bonchev–Trinajstić information content (AvgIpc) is 2.68. The molecule has 144 valence electrons. The molecule has 0 radical (unpaired) electrons. The third-order valence-corrected chi connectivity index (χ3v) is 6.38. The van der Waals surface area contributed by atoms with E-state index in [1.165, 1.54) is 5.56 Å². The van der Waals surface area contributed by atoms with E-state index in [0.29, 0.717) is 19.3 Å². The molecule has 1 saturated carbocycles. The summed E-state index contributed by atoms with van der Waals surface area (Å²) < 4.78 is 0. The van der Waals surface area contributed by atoms with Crippen LogP contribution >= 0.6 is 0 Å². The average molecular weight is 359 g/mol. The molecule has 26 heavy (non-hydrogen) atoms. The van der Waals surface area contributed by atoms with Gasteiger partial charge in [0.1, 0.15) is 0 Å². The van der Waals surface area contributed by atoms with Gasteiger partial charge >= 0.3 is 0 Å². The molecule has 0 aliphatic heterocycles. The summed E-state index contributed by atoms with van der Waals surface area (Å²) >= 11 is 0. The van der Waals surface area contributed by atoms with Crippen LogP contribution in [0.25, 0.3) is 0 Å². The van der Waals surface area contributed by atoms with Gasteiger partial charge in [-0.25, -0.2) is 0 Å². The van der Waals surface area contributed by atoms with Crippen molar-refractivity contribution in [1.29, 1.82) is 0 Å². The Morgan fingerprint density at radius 1 is 1.12 bits per heavy atom. The molecule has 1 aromatic carbocycles. The second kappa shape index (κ2) is 8.98. The Balaban J connectivity index is 2.54. The SMILES string of the molecule is CC=C(CO)C(=CC)C1(Cc2ccccc2)CCC(O)(CC)CC1CO. The lowest BCUT2D eigenvalue weighted by Gasteiger charge is -2.51. The molecule has 0 bridgehead atoms. The van der Waals surface area contributed by atoms with Gasteiger partial charge in [0.2, 0.25) is 0 Å². The lowest BCUT2D eigenvalue weighted by atomic mass is 9.55. The van der Waals surface area contributed by atoms with E-state index in [0.717, 1.165) is 24.0 Å². The molecule has 1 aliphatic carbocycles. The maximum Gasteiger partial charge on any atom is 0.0681 e. The summed E-state index contributed by atoms with van der Waals surface area (Å²) in [4.78, 5) is 0. The minimum atomic E-state index is -0.707. The summed E-state index contributed by atoms with van der Waals surface area (Å²) in [6, 6.07) is 10.3. The Hall–Kier alpha value is -1.42. The zero-order valence-electron chi connectivity index (χ0n) is 16.4. The van der Waals surface area contributed by atoms with Crippen LogP contribution in [-0.2, 0) is 6.42 Å². The molecule has 0 heterocycles. The van der Waals surface area contributed by atoms with E-state index >= 15 is 0 Å². The Morgan fingerprint density at radius 2 is 1.81 bits per heavy atom. The van der Waals surface area contributed by atoms with E-state index in [1.54, 1.807) is 0 Å². The molecular formula is C23H34O3. The number of allylic oxidation sites excluding steroid dienone is 2. The fourth-order valence-electron chi connectivity index (χ4n) is 4.74. The van der Waals surface area contributed by atoms with Gasteiger partial charge in [-0.1, -0.05) is 49.4 Å². The van der Waals surface area contributed by atoms with Gasteiger partial charge in [-0.2, -0.15) is 0 Å². The van der Waals surface area contributed by atoms with Crippen molar-refractivity contribution in [2.24, 2.45) is 11.3 Å². The topological polar surface area (TPSA) is 60.7 Å². The number of hydrogen-bond donors (Lipinski definition) is 3. The minimum Gasteiger partial charge on any atom is -0.396 e. The van der Waals surface area contributed by atoms with Crippen LogP contribution in [0.1, 0.15) is 52.0 Å². The van der Waals surface area contributed by atoms with Crippen molar-refractivity contribution in [3.63, 3.8) is 0 Å². The van der Waals surface area contributed by atoms with Crippen molar-refractivity contribution in [2.45, 2.75) is 58.5 Å². The first-order valence-electron chi connectivity index (χ1n) is 9.79. The highest BCUT2D eigenvalue weighted by atomic mass is 16.3. The highest BCUT2D eigenvalue weighted by Crippen LogP contribution is 2.54. The molecule has 1 aliphatic rings. The van der Waals surface area contributed by atoms with Crippen molar-refractivity contribution in [3.8, 4) is 0 Å². The smallest absolute Gasteiger partial charge is 0.0681 e. The lowest BCUT2D eigenvalue weighted by Crippen LogP contribution is -2.49. The quantitative estimate of drug-likeness (QED) is 0.645. The molecule has 0 spiro atoms. The largest absolute Gasteiger partial charge is 0.396 e. The predicted octanol–water partition coefficient (Wildman–Crippen LogP) is 4.03. The monoisotopic (exact) mass is 358 g/mol. The van der Waals surface area contributed by atoms with Gasteiger partial charge in [0.25, 0.3) is 0 Å². The van der Waals surface area contributed by atoms with Gasteiger partial charge in [-0.05, 0) is 68.6 Å². The number of aliphatic hydroxyl groups excluding tert-OH is 2. The van der Waals surface area contributed by atoms with E-state index in [1.807, 2.05) is 45.0 Å². The normalized spacial score (nSPS) is 30.5. The summed E-state index contributed by atoms with van der Waals surface area (Å²) in [5.41, 5.74) is 2.27. The van der Waals surface area contributed by atoms with E-state index in [-0.39, 0.29) is 24.5 Å². The molecule has 3 heteroatoms. The van der Waals surface area contributed by atoms with Crippen LogP contribution in [-0.4, -0.2) is 34.1 Å². The highest BCUT2D eigenvalue weighted by molar-refractivity contribution is 5.40. The third kappa shape index (κ3) is 4.11. The number of rotatable bonds is 7. The molecule has 0 saturated heterocycles. The molecule has 1 fully saturated rings. The first kappa shape index (κ1) is 20.9. The second-order valence-corrected chi connectivity index (χ2v) is 7.65. The molecule has 1 aromatic rings. The van der Waals surface area contributed by atoms with Crippen LogP contribution in [0, 0.1) is 11.3 Å². The summed E-state index contributed by atoms with van der Waals surface area (Å²) in [7, 11) is 0. The van der Waals surface area contributed by atoms with Gasteiger partial charge in [0.15, 0.2) is 0 Å². The highest BCUT2D eigenvalue weighted by Gasteiger charge is 2.49. The standard InChI is InChI=1S/C23H34O3/c1-4-19(16-24)21(5-2)23(14-18-10-8-7-9-11-18)13-12-22(26,6-3)15-20(23)17-25/h4-5,7-11,20,24-26H,6,12-17H2,1-3H3. The van der Waals surface area contributed by atoms with Crippen LogP contribution in [0.15, 0.2) is 53.6 Å². The first-order valence-corrected chi connectivity index (χ1v) is 9.79. The van der Waals surface area contributed by atoms with Crippen LogP contribution < -0.4 is 0 Å². The maximum absolute atomic E-state index is 10.9. The second-order valence-electron chi connectivity index (χ2n) is 7.65. The van der Waals surface area contributed by atoms with Crippen LogP contribution in [0.4, 0.5) is 0 Å². The maximum atomic E-state index is 10.9. The summed E-state index contributed by atoms with van der Waals surface area (Å²) in [5, 5.41) is 31.1. The number of aliphatic hydroxyl groups is 3. The van der Waals surface area contributed by atoms with Crippen LogP contribution in [0.5, 0.6) is 0 Å². The van der Waals surface area contributed by atoms with Crippen LogP contribution in [0.3, 0.4) is 0 Å². The Morgan fingerprint density at radius 3 is 2.31 bits per heavy atom. The Kier molecular flexibility index (Phi) is 7.22. The fourth-order valence-corrected chi connectivity index (χ4v) is 4.74. The summed E-state index contributed by atoms with van der Waals surface area (Å²) in [6.45, 7) is 6.00. The zero-order valence-corrected chi connectivity index (χ0v) is 16.4. The summed E-state index contributed by atoms with van der Waals surface area (Å²) in [6.07, 6.45) is 7.67. The van der Waals surface area contributed by atoms with E-state index < -0.39 is 5.60 Å². The third-order valence-electron chi connectivity index (χ3n) is 6.38. The van der Waals surface area contributed by atoms with Gasteiger partial charge in [-0.15, -0.1) is 0 Å². The molecule has 3 nitrogen and oxygen atoms in total. The Bertz CT molecular complexity index is 634. The van der Waals surface area contributed by atoms with E-state index in [2.05, 4.69) is 18.2 Å². The minimum absolute atomic E-state index is 0.0110. The van der Waals surface area contributed by atoms with E-state index in [9.17, 15) is 15.3 Å². The van der Waals surface area contributed by atoms with Crippen molar-refractivity contribution in [2.75, 3.05) is 13.2 Å². The van der Waals surface area contributed by atoms with Crippen molar-refractivity contribution >= 4 is 0 Å². The molecule has 3 unspecified atom stereocenters. The lowest BCUT2D eigenvalue weighted by molar-refractivity contribution is -0.0733. The zero-order chi connectivity index (χ0) is 19.2. The molecule has 2 rings (SSSR count).